The van der Waals surface area contributed by atoms with E-state index in [1.165, 1.54) is 0 Å². The molecular weight excluding hydrogens is 296 g/mol. The number of benzene rings is 1. The zero-order valence-electron chi connectivity index (χ0n) is 10.8. The van der Waals surface area contributed by atoms with Crippen LogP contribution in [0.5, 0.6) is 0 Å². The van der Waals surface area contributed by atoms with E-state index in [9.17, 15) is 9.59 Å². The molecule has 2 unspecified atom stereocenters. The lowest BCUT2D eigenvalue weighted by Crippen LogP contribution is -2.48. The summed E-state index contributed by atoms with van der Waals surface area (Å²) < 4.78 is 0. The van der Waals surface area contributed by atoms with Crippen molar-refractivity contribution in [2.75, 3.05) is 13.1 Å². The van der Waals surface area contributed by atoms with Crippen LogP contribution in [0.25, 0.3) is 0 Å². The fraction of sp³-hybridized carbons (Fsp3) is 0.429. The Balaban J connectivity index is 1.90. The Morgan fingerprint density at radius 3 is 3.05 bits per heavy atom. The molecule has 0 spiro atoms. The molecule has 2 aliphatic heterocycles. The molecule has 1 aromatic carbocycles. The Bertz CT molecular complexity index is 578. The van der Waals surface area contributed by atoms with Gasteiger partial charge in [-0.05, 0) is 31.0 Å². The number of hydrogen-bond donors (Lipinski definition) is 2. The molecule has 1 N–H and O–H groups in total. The Hall–Kier alpha value is -1.20. The Kier molecular flexibility index (Phi) is 3.65. The molecule has 0 bridgehead atoms. The first-order chi connectivity index (χ1) is 9.58. The van der Waals surface area contributed by atoms with E-state index in [1.54, 1.807) is 23.1 Å². The number of halogens is 1. The number of nitrogens with one attached hydrogen (secondary N) is 1. The lowest BCUT2D eigenvalue weighted by atomic mass is 9.91. The van der Waals surface area contributed by atoms with Crippen LogP contribution in [0.1, 0.15) is 23.2 Å². The molecule has 1 aromatic rings. The first-order valence-corrected chi connectivity index (χ1v) is 7.47. The van der Waals surface area contributed by atoms with Crippen molar-refractivity contribution in [2.24, 2.45) is 5.92 Å². The predicted molar refractivity (Wildman–Crippen MR) is 79.3 cm³/mol. The number of likely N-dealkylation sites (tertiary alicyclic amines) is 1. The van der Waals surface area contributed by atoms with E-state index in [-0.39, 0.29) is 23.8 Å². The average molecular weight is 311 g/mol. The van der Waals surface area contributed by atoms with Gasteiger partial charge < -0.3 is 10.2 Å². The first kappa shape index (κ1) is 13.8. The highest BCUT2D eigenvalue weighted by molar-refractivity contribution is 7.80. The third-order valence-corrected chi connectivity index (χ3v) is 4.65. The third kappa shape index (κ3) is 2.29. The Morgan fingerprint density at radius 2 is 2.25 bits per heavy atom. The molecule has 2 fully saturated rings. The summed E-state index contributed by atoms with van der Waals surface area (Å²) in [4.78, 5) is 26.9. The van der Waals surface area contributed by atoms with Crippen molar-refractivity contribution >= 4 is 36.0 Å². The van der Waals surface area contributed by atoms with E-state index >= 15 is 0 Å². The summed E-state index contributed by atoms with van der Waals surface area (Å²) in [7, 11) is 0. The van der Waals surface area contributed by atoms with Gasteiger partial charge in [-0.15, -0.1) is 12.6 Å². The van der Waals surface area contributed by atoms with Crippen LogP contribution in [0.3, 0.4) is 0 Å². The van der Waals surface area contributed by atoms with Gasteiger partial charge >= 0.3 is 0 Å². The van der Waals surface area contributed by atoms with Crippen LogP contribution in [0.15, 0.2) is 23.1 Å². The number of hydrogen-bond acceptors (Lipinski definition) is 3. The van der Waals surface area contributed by atoms with Gasteiger partial charge in [-0.2, -0.15) is 0 Å². The Morgan fingerprint density at radius 1 is 1.45 bits per heavy atom. The molecular formula is C14H15ClN2O2S. The molecule has 4 nitrogen and oxygen atoms in total. The maximum atomic E-state index is 12.7. The van der Waals surface area contributed by atoms with Crippen molar-refractivity contribution in [1.29, 1.82) is 0 Å². The summed E-state index contributed by atoms with van der Waals surface area (Å²) in [5.41, 5.74) is 0.458. The average Bonchev–Trinajstić information content (AvgIpc) is 2.83. The summed E-state index contributed by atoms with van der Waals surface area (Å²) in [6, 6.07) is 5.06. The predicted octanol–water partition coefficient (Wildman–Crippen LogP) is 1.98. The molecule has 0 radical (unpaired) electrons. The standard InChI is InChI=1S/C14H15ClN2O2S/c15-11-4-3-8(20)6-10(11)14(19)17-5-1-2-9-12(17)7-16-13(9)18/h3-4,6,9,12,20H,1-2,5,7H2,(H,16,18). The number of carbonyl (C=O) groups excluding carboxylic acids is 2. The minimum Gasteiger partial charge on any atom is -0.354 e. The van der Waals surface area contributed by atoms with Crippen molar-refractivity contribution in [3.8, 4) is 0 Å². The second-order valence-corrected chi connectivity index (χ2v) is 6.15. The van der Waals surface area contributed by atoms with Gasteiger partial charge in [0.25, 0.3) is 5.91 Å². The highest BCUT2D eigenvalue weighted by atomic mass is 35.5. The van der Waals surface area contributed by atoms with Gasteiger partial charge in [0.15, 0.2) is 0 Å². The number of fused-ring (bicyclic) bond motifs is 1. The number of carbonyl (C=O) groups is 2. The summed E-state index contributed by atoms with van der Waals surface area (Å²) in [5, 5.41) is 3.27. The normalized spacial score (nSPS) is 25.3. The minimum atomic E-state index is -0.114. The van der Waals surface area contributed by atoms with Gasteiger partial charge in [0, 0.05) is 18.0 Å². The van der Waals surface area contributed by atoms with E-state index in [0.717, 1.165) is 12.8 Å². The zero-order chi connectivity index (χ0) is 14.3. The molecule has 2 amide bonds. The van der Waals surface area contributed by atoms with Gasteiger partial charge in [-0.1, -0.05) is 11.6 Å². The highest BCUT2D eigenvalue weighted by Gasteiger charge is 2.42. The van der Waals surface area contributed by atoms with Crippen molar-refractivity contribution in [2.45, 2.75) is 23.8 Å². The van der Waals surface area contributed by atoms with Gasteiger partial charge in [-0.3, -0.25) is 9.59 Å². The van der Waals surface area contributed by atoms with Crippen molar-refractivity contribution in [3.63, 3.8) is 0 Å². The summed E-state index contributed by atoms with van der Waals surface area (Å²) in [6.45, 7) is 1.20. The van der Waals surface area contributed by atoms with Gasteiger partial charge in [-0.25, -0.2) is 0 Å². The number of piperidine rings is 1. The SMILES string of the molecule is O=C1NCC2C1CCCN2C(=O)c1cc(S)ccc1Cl. The first-order valence-electron chi connectivity index (χ1n) is 6.65. The number of amides is 2. The van der Waals surface area contributed by atoms with E-state index in [4.69, 9.17) is 11.6 Å². The molecule has 3 rings (SSSR count). The largest absolute Gasteiger partial charge is 0.354 e. The van der Waals surface area contributed by atoms with Crippen LogP contribution in [-0.2, 0) is 4.79 Å². The second kappa shape index (κ2) is 5.30. The highest BCUT2D eigenvalue weighted by Crippen LogP contribution is 2.30. The van der Waals surface area contributed by atoms with Crippen LogP contribution in [0.2, 0.25) is 5.02 Å². The fourth-order valence-corrected chi connectivity index (χ4v) is 3.44. The molecule has 0 aliphatic carbocycles. The monoisotopic (exact) mass is 310 g/mol. The van der Waals surface area contributed by atoms with E-state index < -0.39 is 0 Å². The van der Waals surface area contributed by atoms with E-state index in [0.29, 0.717) is 28.6 Å². The fourth-order valence-electron chi connectivity index (χ4n) is 3.04. The van der Waals surface area contributed by atoms with Crippen LogP contribution in [0.4, 0.5) is 0 Å². The topological polar surface area (TPSA) is 49.4 Å². The van der Waals surface area contributed by atoms with Crippen LogP contribution >= 0.6 is 24.2 Å². The number of thiol groups is 1. The number of nitrogens with zero attached hydrogens (tertiary/aromatic N) is 1. The minimum absolute atomic E-state index is 0.0524. The van der Waals surface area contributed by atoms with Crippen molar-refractivity contribution < 1.29 is 9.59 Å². The summed E-state index contributed by atoms with van der Waals surface area (Å²) in [5.74, 6) is -0.135. The summed E-state index contributed by atoms with van der Waals surface area (Å²) >= 11 is 10.4. The van der Waals surface area contributed by atoms with Gasteiger partial charge in [0.2, 0.25) is 5.91 Å². The summed E-state index contributed by atoms with van der Waals surface area (Å²) in [6.07, 6.45) is 1.69. The third-order valence-electron chi connectivity index (χ3n) is 4.04. The van der Waals surface area contributed by atoms with E-state index in [2.05, 4.69) is 17.9 Å². The maximum Gasteiger partial charge on any atom is 0.255 e. The molecule has 106 valence electrons. The van der Waals surface area contributed by atoms with Crippen LogP contribution in [0, 0.1) is 5.92 Å². The van der Waals surface area contributed by atoms with Crippen molar-refractivity contribution in [1.82, 2.24) is 10.2 Å². The van der Waals surface area contributed by atoms with Crippen molar-refractivity contribution in [3.05, 3.63) is 28.8 Å². The molecule has 0 aromatic heterocycles. The molecule has 2 atom stereocenters. The molecule has 2 heterocycles. The van der Waals surface area contributed by atoms with Gasteiger partial charge in [0.1, 0.15) is 0 Å². The Labute approximate surface area is 127 Å². The molecule has 0 saturated carbocycles. The molecule has 2 saturated heterocycles. The molecule has 2 aliphatic rings. The maximum absolute atomic E-state index is 12.7. The molecule has 6 heteroatoms. The lowest BCUT2D eigenvalue weighted by Gasteiger charge is -2.36. The lowest BCUT2D eigenvalue weighted by molar-refractivity contribution is -0.123. The van der Waals surface area contributed by atoms with Gasteiger partial charge in [0.05, 0.1) is 22.5 Å². The molecule has 20 heavy (non-hydrogen) atoms. The smallest absolute Gasteiger partial charge is 0.255 e. The zero-order valence-corrected chi connectivity index (χ0v) is 12.5. The second-order valence-electron chi connectivity index (χ2n) is 5.22. The number of rotatable bonds is 1. The quantitative estimate of drug-likeness (QED) is 0.779. The van der Waals surface area contributed by atoms with Crippen LogP contribution < -0.4 is 5.32 Å². The van der Waals surface area contributed by atoms with E-state index in [1.807, 2.05) is 0 Å². The van der Waals surface area contributed by atoms with Crippen LogP contribution in [-0.4, -0.2) is 35.8 Å².